The highest BCUT2D eigenvalue weighted by Gasteiger charge is 2.09. The van der Waals surface area contributed by atoms with Crippen LogP contribution in [0.2, 0.25) is 0 Å². The Morgan fingerprint density at radius 2 is 1.44 bits per heavy atom. The molecule has 0 aromatic rings. The molecule has 0 radical (unpaired) electrons. The van der Waals surface area contributed by atoms with E-state index in [1.165, 1.54) is 58.3 Å². The van der Waals surface area contributed by atoms with Crippen LogP contribution in [0.3, 0.4) is 0 Å². The van der Waals surface area contributed by atoms with Crippen molar-refractivity contribution < 1.29 is 10.2 Å². The van der Waals surface area contributed by atoms with Crippen molar-refractivity contribution in [3.8, 4) is 11.8 Å². The van der Waals surface area contributed by atoms with E-state index in [1.54, 1.807) is 0 Å². The summed E-state index contributed by atoms with van der Waals surface area (Å²) in [5, 5.41) is 18.1. The van der Waals surface area contributed by atoms with Crippen molar-refractivity contribution in [1.29, 1.82) is 0 Å². The Kier molecular flexibility index (Phi) is 10.1. The van der Waals surface area contributed by atoms with E-state index >= 15 is 0 Å². The lowest BCUT2D eigenvalue weighted by Gasteiger charge is -2.07. The molecule has 0 bridgehead atoms. The molecule has 1 unspecified atom stereocenters. The minimum Gasteiger partial charge on any atom is -0.356 e. The van der Waals surface area contributed by atoms with Gasteiger partial charge in [-0.1, -0.05) is 71.1 Å². The largest absolute Gasteiger partial charge is 0.356 e. The van der Waals surface area contributed by atoms with Crippen LogP contribution in [0.5, 0.6) is 0 Å². The van der Waals surface area contributed by atoms with Gasteiger partial charge in [-0.3, -0.25) is 0 Å². The smallest absolute Gasteiger partial charge is 0.225 e. The third kappa shape index (κ3) is 13.5. The molecule has 106 valence electrons. The normalized spacial score (nSPS) is 12.9. The Balaban J connectivity index is 3.40. The zero-order chi connectivity index (χ0) is 13.9. The molecule has 0 saturated heterocycles. The van der Waals surface area contributed by atoms with Crippen molar-refractivity contribution in [2.75, 3.05) is 0 Å². The highest BCUT2D eigenvalue weighted by Crippen LogP contribution is 2.12. The number of rotatable bonds is 9. The quantitative estimate of drug-likeness (QED) is 0.373. The van der Waals surface area contributed by atoms with Gasteiger partial charge in [0.2, 0.25) is 5.79 Å². The Labute approximate surface area is 113 Å². The molecule has 1 atom stereocenters. The van der Waals surface area contributed by atoms with Gasteiger partial charge < -0.3 is 10.2 Å². The molecule has 18 heavy (non-hydrogen) atoms. The van der Waals surface area contributed by atoms with Crippen LogP contribution in [0, 0.1) is 17.8 Å². The van der Waals surface area contributed by atoms with Crippen molar-refractivity contribution in [3.63, 3.8) is 0 Å². The average molecular weight is 254 g/mol. The summed E-state index contributed by atoms with van der Waals surface area (Å²) >= 11 is 0. The first kappa shape index (κ1) is 17.5. The molecule has 0 fully saturated rings. The lowest BCUT2D eigenvalue weighted by Crippen LogP contribution is -2.19. The van der Waals surface area contributed by atoms with Gasteiger partial charge >= 0.3 is 0 Å². The third-order valence-corrected chi connectivity index (χ3v) is 3.05. The molecule has 0 amide bonds. The second kappa shape index (κ2) is 10.4. The maximum Gasteiger partial charge on any atom is 0.225 e. The van der Waals surface area contributed by atoms with Gasteiger partial charge in [0.15, 0.2) is 0 Å². The summed E-state index contributed by atoms with van der Waals surface area (Å²) in [5.74, 6) is 3.76. The minimum absolute atomic E-state index is 0.253. The Morgan fingerprint density at radius 1 is 0.944 bits per heavy atom. The fourth-order valence-corrected chi connectivity index (χ4v) is 1.92. The topological polar surface area (TPSA) is 40.5 Å². The monoisotopic (exact) mass is 254 g/mol. The second-order valence-electron chi connectivity index (χ2n) is 5.45. The first-order valence-electron chi connectivity index (χ1n) is 7.43. The van der Waals surface area contributed by atoms with Crippen molar-refractivity contribution in [2.24, 2.45) is 5.92 Å². The summed E-state index contributed by atoms with van der Waals surface area (Å²) < 4.78 is 0. The van der Waals surface area contributed by atoms with Crippen molar-refractivity contribution in [3.05, 3.63) is 0 Å². The van der Waals surface area contributed by atoms with E-state index in [4.69, 9.17) is 10.2 Å². The zero-order valence-corrected chi connectivity index (χ0v) is 12.3. The molecule has 2 heteroatoms. The lowest BCUT2D eigenvalue weighted by atomic mass is 10.0. The van der Waals surface area contributed by atoms with Crippen LogP contribution in [-0.4, -0.2) is 16.0 Å². The number of unbranched alkanes of at least 4 members (excludes halogenated alkanes) is 7. The first-order valence-corrected chi connectivity index (χ1v) is 7.43. The highest BCUT2D eigenvalue weighted by molar-refractivity contribution is 5.09. The summed E-state index contributed by atoms with van der Waals surface area (Å²) in [6, 6.07) is 0. The van der Waals surface area contributed by atoms with E-state index in [2.05, 4.69) is 18.8 Å². The summed E-state index contributed by atoms with van der Waals surface area (Å²) in [6.45, 7) is 5.58. The molecule has 0 saturated carbocycles. The number of aliphatic hydroxyl groups is 2. The van der Waals surface area contributed by atoms with Crippen LogP contribution in [0.25, 0.3) is 0 Å². The Hall–Kier alpha value is -0.520. The van der Waals surface area contributed by atoms with Gasteiger partial charge in [-0.05, 0) is 12.3 Å². The van der Waals surface area contributed by atoms with Gasteiger partial charge in [-0.25, -0.2) is 0 Å². The van der Waals surface area contributed by atoms with E-state index in [-0.39, 0.29) is 5.92 Å². The molecule has 0 aromatic carbocycles. The summed E-state index contributed by atoms with van der Waals surface area (Å²) in [6.07, 6.45) is 11.6. The molecule has 0 spiro atoms. The Morgan fingerprint density at radius 3 is 1.94 bits per heavy atom. The first-order chi connectivity index (χ1) is 8.45. The Bertz CT molecular complexity index is 242. The van der Waals surface area contributed by atoms with E-state index in [0.29, 0.717) is 0 Å². The van der Waals surface area contributed by atoms with Gasteiger partial charge in [-0.15, -0.1) is 0 Å². The van der Waals surface area contributed by atoms with Gasteiger partial charge in [0, 0.05) is 12.8 Å². The van der Waals surface area contributed by atoms with Crippen LogP contribution in [-0.2, 0) is 0 Å². The molecule has 0 aliphatic heterocycles. The van der Waals surface area contributed by atoms with Gasteiger partial charge in [0.1, 0.15) is 0 Å². The summed E-state index contributed by atoms with van der Waals surface area (Å²) in [5.41, 5.74) is 0. The van der Waals surface area contributed by atoms with E-state index < -0.39 is 5.79 Å². The molecular formula is C16H30O2. The third-order valence-electron chi connectivity index (χ3n) is 3.05. The van der Waals surface area contributed by atoms with Crippen LogP contribution in [0.15, 0.2) is 0 Å². The lowest BCUT2D eigenvalue weighted by molar-refractivity contribution is -0.0916. The van der Waals surface area contributed by atoms with Crippen LogP contribution in [0.1, 0.15) is 78.6 Å². The van der Waals surface area contributed by atoms with E-state index in [9.17, 15) is 0 Å². The maximum atomic E-state index is 9.06. The maximum absolute atomic E-state index is 9.06. The van der Waals surface area contributed by atoms with Crippen LogP contribution >= 0.6 is 0 Å². The van der Waals surface area contributed by atoms with Crippen molar-refractivity contribution >= 4 is 0 Å². The number of hydrogen-bond acceptors (Lipinski definition) is 2. The summed E-state index contributed by atoms with van der Waals surface area (Å²) in [7, 11) is 0. The number of hydrogen-bond donors (Lipinski definition) is 2. The molecule has 0 aliphatic rings. The standard InChI is InChI=1S/C16H30O2/c1-4-5-6-7-8-9-10-11-12-15(2)13-14-16(3,17)18/h15,17-18H,4-12H2,1-3H3. The molecule has 0 rings (SSSR count). The van der Waals surface area contributed by atoms with Gasteiger partial charge in [0.25, 0.3) is 0 Å². The van der Waals surface area contributed by atoms with Crippen LogP contribution in [0.4, 0.5) is 0 Å². The SMILES string of the molecule is CCCCCCCCCCC(C)C#CC(C)(O)O. The average Bonchev–Trinajstić information content (AvgIpc) is 2.29. The molecule has 2 N–H and O–H groups in total. The molecule has 0 heterocycles. The van der Waals surface area contributed by atoms with Crippen LogP contribution < -0.4 is 0 Å². The molecule has 0 aromatic heterocycles. The zero-order valence-electron chi connectivity index (χ0n) is 12.3. The fourth-order valence-electron chi connectivity index (χ4n) is 1.92. The predicted molar refractivity (Wildman–Crippen MR) is 77.0 cm³/mol. The van der Waals surface area contributed by atoms with Gasteiger partial charge in [-0.2, -0.15) is 0 Å². The minimum atomic E-state index is -1.84. The van der Waals surface area contributed by atoms with E-state index in [0.717, 1.165) is 6.42 Å². The second-order valence-corrected chi connectivity index (χ2v) is 5.45. The summed E-state index contributed by atoms with van der Waals surface area (Å²) in [4.78, 5) is 0. The highest BCUT2D eigenvalue weighted by atomic mass is 16.5. The molecule has 2 nitrogen and oxygen atoms in total. The molecular weight excluding hydrogens is 224 g/mol. The fraction of sp³-hybridized carbons (Fsp3) is 0.875. The van der Waals surface area contributed by atoms with Crippen molar-refractivity contribution in [2.45, 2.75) is 84.3 Å². The molecule has 0 aliphatic carbocycles. The van der Waals surface area contributed by atoms with E-state index in [1.807, 2.05) is 6.92 Å². The van der Waals surface area contributed by atoms with Crippen molar-refractivity contribution in [1.82, 2.24) is 0 Å². The van der Waals surface area contributed by atoms with Gasteiger partial charge in [0.05, 0.1) is 0 Å². The predicted octanol–water partition coefficient (Wildman–Crippen LogP) is 3.86.